The number of aryl methyl sites for hydroxylation is 1. The zero-order valence-corrected chi connectivity index (χ0v) is 20.0. The molecule has 1 atom stereocenters. The molecule has 0 spiro atoms. The van der Waals surface area contributed by atoms with Gasteiger partial charge in [0.1, 0.15) is 22.8 Å². The van der Waals surface area contributed by atoms with Gasteiger partial charge < -0.3 is 15.3 Å². The first-order chi connectivity index (χ1) is 15.5. The van der Waals surface area contributed by atoms with E-state index < -0.39 is 5.97 Å². The second-order valence-corrected chi connectivity index (χ2v) is 9.93. The summed E-state index contributed by atoms with van der Waals surface area (Å²) in [6, 6.07) is 4.54. The molecule has 8 nitrogen and oxygen atoms in total. The summed E-state index contributed by atoms with van der Waals surface area (Å²) >= 11 is 5.93. The predicted molar refractivity (Wildman–Crippen MR) is 130 cm³/mol. The van der Waals surface area contributed by atoms with Gasteiger partial charge in [0.15, 0.2) is 0 Å². The number of carboxylic acids is 1. The molecule has 9 heteroatoms. The van der Waals surface area contributed by atoms with E-state index in [0.29, 0.717) is 11.5 Å². The van der Waals surface area contributed by atoms with Gasteiger partial charge >= 0.3 is 5.97 Å². The minimum atomic E-state index is -1.13. The van der Waals surface area contributed by atoms with Crippen molar-refractivity contribution in [3.8, 4) is 0 Å². The number of hydrogen-bond acceptors (Lipinski definition) is 6. The average molecular weight is 470 g/mol. The molecule has 0 radical (unpaired) electrons. The maximum atomic E-state index is 13.0. The van der Waals surface area contributed by atoms with Crippen molar-refractivity contribution in [1.82, 2.24) is 14.4 Å². The zero-order valence-electron chi connectivity index (χ0n) is 19.2. The number of fused-ring (bicyclic) bond motifs is 1. The maximum absolute atomic E-state index is 13.0. The van der Waals surface area contributed by atoms with E-state index in [1.54, 1.807) is 16.7 Å². The van der Waals surface area contributed by atoms with Gasteiger partial charge in [0.2, 0.25) is 0 Å². The number of piperidine rings is 1. The number of carboxylic acid groups (broad SMARTS) is 1. The van der Waals surface area contributed by atoms with Crippen LogP contribution in [-0.4, -0.2) is 38.5 Å². The Morgan fingerprint density at radius 3 is 2.61 bits per heavy atom. The lowest BCUT2D eigenvalue weighted by atomic mass is 9.83. The van der Waals surface area contributed by atoms with Crippen molar-refractivity contribution in [2.75, 3.05) is 23.3 Å². The summed E-state index contributed by atoms with van der Waals surface area (Å²) in [5.41, 5.74) is 2.33. The van der Waals surface area contributed by atoms with E-state index >= 15 is 0 Å². The van der Waals surface area contributed by atoms with Crippen LogP contribution in [0.4, 0.5) is 11.6 Å². The lowest BCUT2D eigenvalue weighted by molar-refractivity contribution is 0.0697. The van der Waals surface area contributed by atoms with Gasteiger partial charge in [-0.25, -0.2) is 14.8 Å². The molecule has 3 aromatic heterocycles. The van der Waals surface area contributed by atoms with Crippen LogP contribution in [0.5, 0.6) is 0 Å². The fourth-order valence-corrected chi connectivity index (χ4v) is 4.34. The third-order valence-electron chi connectivity index (χ3n) is 6.26. The fraction of sp³-hybridized carbons (Fsp3) is 0.417. The van der Waals surface area contributed by atoms with Gasteiger partial charge in [-0.1, -0.05) is 25.4 Å². The average Bonchev–Trinajstić information content (AvgIpc) is 2.74. The minimum absolute atomic E-state index is 0.0203. The number of rotatable bonds is 5. The summed E-state index contributed by atoms with van der Waals surface area (Å²) in [7, 11) is 0. The highest BCUT2D eigenvalue weighted by atomic mass is 35.5. The van der Waals surface area contributed by atoms with E-state index in [-0.39, 0.29) is 33.4 Å². The van der Waals surface area contributed by atoms with Crippen molar-refractivity contribution < 1.29 is 9.90 Å². The Hall–Kier alpha value is -3.13. The van der Waals surface area contributed by atoms with Gasteiger partial charge in [-0.15, -0.1) is 0 Å². The largest absolute Gasteiger partial charge is 0.478 e. The molecule has 1 aliphatic rings. The van der Waals surface area contributed by atoms with Gasteiger partial charge in [-0.2, -0.15) is 0 Å². The third kappa shape index (κ3) is 4.80. The zero-order chi connectivity index (χ0) is 23.9. The molecular formula is C24H28ClN5O3. The molecule has 0 bridgehead atoms. The van der Waals surface area contributed by atoms with Crippen molar-refractivity contribution in [2.24, 2.45) is 5.41 Å². The van der Waals surface area contributed by atoms with Crippen molar-refractivity contribution in [3.63, 3.8) is 0 Å². The molecule has 174 valence electrons. The van der Waals surface area contributed by atoms with Crippen LogP contribution in [0, 0.1) is 12.3 Å². The van der Waals surface area contributed by atoms with E-state index in [4.69, 9.17) is 16.6 Å². The number of aromatic nitrogens is 3. The van der Waals surface area contributed by atoms with Crippen molar-refractivity contribution >= 4 is 34.9 Å². The molecule has 4 heterocycles. The van der Waals surface area contributed by atoms with Gasteiger partial charge in [0.25, 0.3) is 5.56 Å². The molecule has 0 unspecified atom stereocenters. The molecule has 3 aromatic rings. The van der Waals surface area contributed by atoms with E-state index in [1.165, 1.54) is 12.3 Å². The van der Waals surface area contributed by atoms with Gasteiger partial charge in [-0.05, 0) is 49.8 Å². The predicted octanol–water partition coefficient (Wildman–Crippen LogP) is 4.55. The van der Waals surface area contributed by atoms with E-state index in [2.05, 4.69) is 29.0 Å². The van der Waals surface area contributed by atoms with Crippen LogP contribution in [0.1, 0.15) is 61.1 Å². The van der Waals surface area contributed by atoms with Gasteiger partial charge in [-0.3, -0.25) is 9.20 Å². The highest BCUT2D eigenvalue weighted by Gasteiger charge is 2.27. The minimum Gasteiger partial charge on any atom is -0.478 e. The quantitative estimate of drug-likeness (QED) is 0.565. The molecule has 4 rings (SSSR count). The Labute approximate surface area is 197 Å². The Bertz CT molecular complexity index is 1280. The number of anilines is 2. The highest BCUT2D eigenvalue weighted by molar-refractivity contribution is 6.30. The summed E-state index contributed by atoms with van der Waals surface area (Å²) in [6.07, 6.45) is 5.24. The normalized spacial score (nSPS) is 16.6. The van der Waals surface area contributed by atoms with Crippen molar-refractivity contribution in [2.45, 2.75) is 46.6 Å². The topological polar surface area (TPSA) is 99.8 Å². The van der Waals surface area contributed by atoms with Crippen molar-refractivity contribution in [3.05, 3.63) is 62.7 Å². The first kappa shape index (κ1) is 23.0. The Kier molecular flexibility index (Phi) is 6.05. The van der Waals surface area contributed by atoms with Crippen LogP contribution in [0.3, 0.4) is 0 Å². The molecular weight excluding hydrogens is 442 g/mol. The lowest BCUT2D eigenvalue weighted by Gasteiger charge is -2.37. The first-order valence-electron chi connectivity index (χ1n) is 11.0. The number of aromatic carboxylic acids is 1. The molecule has 33 heavy (non-hydrogen) atoms. The maximum Gasteiger partial charge on any atom is 0.339 e. The Balaban J connectivity index is 1.75. The number of halogens is 1. The molecule has 0 aromatic carbocycles. The summed E-state index contributed by atoms with van der Waals surface area (Å²) in [6.45, 7) is 10.0. The molecule has 1 aliphatic heterocycles. The SMILES string of the molecule is Cc1cc([C@@H](C)Nc2ncc(Cl)cc2C(=O)O)c2nc(N3CCC(C)(C)CC3)cc(=O)n2c1. The first-order valence-corrected chi connectivity index (χ1v) is 11.4. The molecule has 1 saturated heterocycles. The van der Waals surface area contributed by atoms with Crippen LogP contribution in [0.25, 0.3) is 5.65 Å². The van der Waals surface area contributed by atoms with E-state index in [1.807, 2.05) is 19.9 Å². The van der Waals surface area contributed by atoms with Gasteiger partial charge in [0, 0.05) is 37.1 Å². The van der Waals surface area contributed by atoms with Crippen LogP contribution < -0.4 is 15.8 Å². The highest BCUT2D eigenvalue weighted by Crippen LogP contribution is 2.32. The smallest absolute Gasteiger partial charge is 0.339 e. The molecule has 0 aliphatic carbocycles. The number of nitrogens with zero attached hydrogens (tertiary/aromatic N) is 4. The summed E-state index contributed by atoms with van der Waals surface area (Å²) in [5.74, 6) is -0.252. The van der Waals surface area contributed by atoms with Crippen molar-refractivity contribution in [1.29, 1.82) is 0 Å². The lowest BCUT2D eigenvalue weighted by Crippen LogP contribution is -2.38. The molecule has 0 saturated carbocycles. The van der Waals surface area contributed by atoms with Crippen LogP contribution in [0.2, 0.25) is 5.02 Å². The second-order valence-electron chi connectivity index (χ2n) is 9.49. The monoisotopic (exact) mass is 469 g/mol. The van der Waals surface area contributed by atoms with E-state index in [0.717, 1.165) is 37.1 Å². The Morgan fingerprint density at radius 2 is 1.94 bits per heavy atom. The summed E-state index contributed by atoms with van der Waals surface area (Å²) in [4.78, 5) is 35.9. The van der Waals surface area contributed by atoms with Crippen LogP contribution in [0.15, 0.2) is 35.4 Å². The summed E-state index contributed by atoms with van der Waals surface area (Å²) < 4.78 is 1.55. The standard InChI is InChI=1S/C24H28ClN5O3/c1-14-9-17(15(2)27-21-18(23(32)33)10-16(25)12-26-21)22-28-19(11-20(31)30(22)13-14)29-7-5-24(3,4)6-8-29/h9-13,15H,5-8H2,1-4H3,(H,26,27)(H,32,33)/t15-/m1/s1. The second kappa shape index (κ2) is 8.67. The van der Waals surface area contributed by atoms with Crippen LogP contribution >= 0.6 is 11.6 Å². The number of nitrogens with one attached hydrogen (secondary N) is 1. The molecule has 1 fully saturated rings. The Morgan fingerprint density at radius 1 is 1.24 bits per heavy atom. The molecule has 2 N–H and O–H groups in total. The van der Waals surface area contributed by atoms with Gasteiger partial charge in [0.05, 0.1) is 11.1 Å². The van der Waals surface area contributed by atoms with Crippen LogP contribution in [-0.2, 0) is 0 Å². The third-order valence-corrected chi connectivity index (χ3v) is 6.46. The number of carbonyl (C=O) groups is 1. The number of pyridine rings is 2. The van der Waals surface area contributed by atoms with E-state index in [9.17, 15) is 14.7 Å². The summed E-state index contributed by atoms with van der Waals surface area (Å²) in [5, 5.41) is 13.0. The number of hydrogen-bond donors (Lipinski definition) is 2. The fourth-order valence-electron chi connectivity index (χ4n) is 4.18. The molecule has 0 amide bonds.